The molecule has 0 fully saturated rings. The van der Waals surface area contributed by atoms with Crippen LogP contribution in [0.4, 0.5) is 11.5 Å². The Morgan fingerprint density at radius 3 is 2.61 bits per heavy atom. The minimum absolute atomic E-state index is 0.0437. The Kier molecular flexibility index (Phi) is 5.53. The lowest BCUT2D eigenvalue weighted by Crippen LogP contribution is -2.21. The van der Waals surface area contributed by atoms with Crippen molar-refractivity contribution >= 4 is 28.1 Å². The van der Waals surface area contributed by atoms with E-state index in [4.69, 9.17) is 5.73 Å². The number of hydrogen-bond donors (Lipinski definition) is 3. The summed E-state index contributed by atoms with van der Waals surface area (Å²) in [6, 6.07) is 10.8. The third-order valence-electron chi connectivity index (χ3n) is 3.24. The first kappa shape index (κ1) is 16.8. The third-order valence-corrected chi connectivity index (χ3v) is 3.89. The molecule has 0 spiro atoms. The van der Waals surface area contributed by atoms with Gasteiger partial charge in [-0.3, -0.25) is 4.79 Å². The maximum Gasteiger partial charge on any atom is 0.250 e. The van der Waals surface area contributed by atoms with Gasteiger partial charge in [0.2, 0.25) is 5.91 Å². The second kappa shape index (κ2) is 7.59. The molecular weight excluding hydrogens is 316 g/mol. The van der Waals surface area contributed by atoms with Gasteiger partial charge >= 0.3 is 0 Å². The van der Waals surface area contributed by atoms with E-state index in [1.807, 2.05) is 24.3 Å². The van der Waals surface area contributed by atoms with Crippen molar-refractivity contribution in [1.29, 1.82) is 0 Å². The summed E-state index contributed by atoms with van der Waals surface area (Å²) in [6.45, 7) is 0.471. The predicted octanol–water partition coefficient (Wildman–Crippen LogP) is 0.798. The van der Waals surface area contributed by atoms with Gasteiger partial charge < -0.3 is 16.0 Å². The summed E-state index contributed by atoms with van der Waals surface area (Å²) in [5.41, 5.74) is 7.27. The van der Waals surface area contributed by atoms with Gasteiger partial charge in [-0.05, 0) is 23.8 Å². The third kappa shape index (κ3) is 4.68. The topological polar surface area (TPSA) is 105 Å². The van der Waals surface area contributed by atoms with Crippen LogP contribution in [-0.2, 0) is 17.2 Å². The Morgan fingerprint density at radius 2 is 2.00 bits per heavy atom. The normalized spacial score (nSPS) is 10.5. The van der Waals surface area contributed by atoms with Gasteiger partial charge in [0.15, 0.2) is 10.7 Å². The minimum atomic E-state index is -2.49. The molecule has 0 saturated heterocycles. The number of hydrogen-bond acceptors (Lipinski definition) is 6. The standard InChI is InChI=1S/C15H18N4O3S/c1-19(10-23(21)22)13-5-3-2-4-11(13)8-17-14-7-6-12(9-18-14)15(16)20/h2-7,9,23H,8,10H2,1H3,(H2,16,20)(H,17,18). The Labute approximate surface area is 136 Å². The Bertz CT molecular complexity index is 752. The van der Waals surface area contributed by atoms with Gasteiger partial charge in [-0.25, -0.2) is 13.4 Å². The summed E-state index contributed by atoms with van der Waals surface area (Å²) >= 11 is 0. The molecule has 7 nitrogen and oxygen atoms in total. The van der Waals surface area contributed by atoms with Gasteiger partial charge in [0.25, 0.3) is 0 Å². The summed E-state index contributed by atoms with van der Waals surface area (Å²) < 4.78 is 21.8. The molecule has 0 radical (unpaired) electrons. The number of nitrogens with two attached hydrogens (primary N) is 1. The first-order valence-electron chi connectivity index (χ1n) is 6.88. The highest BCUT2D eigenvalue weighted by atomic mass is 32.2. The average molecular weight is 334 g/mol. The lowest BCUT2D eigenvalue weighted by Gasteiger charge is -2.20. The molecule has 0 bridgehead atoms. The van der Waals surface area contributed by atoms with Crippen molar-refractivity contribution in [3.05, 3.63) is 53.7 Å². The number of amides is 1. The fourth-order valence-electron chi connectivity index (χ4n) is 2.11. The van der Waals surface area contributed by atoms with E-state index in [0.717, 1.165) is 11.3 Å². The van der Waals surface area contributed by atoms with E-state index in [1.165, 1.54) is 6.20 Å². The van der Waals surface area contributed by atoms with Crippen LogP contribution in [0.5, 0.6) is 0 Å². The largest absolute Gasteiger partial charge is 0.366 e. The van der Waals surface area contributed by atoms with Crippen molar-refractivity contribution < 1.29 is 13.2 Å². The van der Waals surface area contributed by atoms with Crippen molar-refractivity contribution in [2.24, 2.45) is 5.73 Å². The first-order chi connectivity index (χ1) is 11.0. The van der Waals surface area contributed by atoms with Crippen molar-refractivity contribution in [2.75, 3.05) is 23.1 Å². The Hall–Kier alpha value is -2.61. The number of anilines is 2. The molecule has 0 aliphatic rings. The lowest BCUT2D eigenvalue weighted by atomic mass is 10.1. The van der Waals surface area contributed by atoms with Gasteiger partial charge in [0.05, 0.1) is 5.56 Å². The van der Waals surface area contributed by atoms with Crippen LogP contribution in [0.15, 0.2) is 42.6 Å². The molecule has 1 heterocycles. The van der Waals surface area contributed by atoms with Crippen LogP contribution < -0.4 is 16.0 Å². The molecule has 1 aromatic heterocycles. The zero-order valence-corrected chi connectivity index (χ0v) is 13.5. The van der Waals surface area contributed by atoms with Crippen molar-refractivity contribution in [3.63, 3.8) is 0 Å². The molecule has 3 N–H and O–H groups in total. The monoisotopic (exact) mass is 334 g/mol. The van der Waals surface area contributed by atoms with Gasteiger partial charge in [-0.2, -0.15) is 0 Å². The number of benzene rings is 1. The summed E-state index contributed by atoms with van der Waals surface area (Å²) in [4.78, 5) is 16.8. The highest BCUT2D eigenvalue weighted by Crippen LogP contribution is 2.20. The van der Waals surface area contributed by atoms with E-state index in [2.05, 4.69) is 10.3 Å². The molecule has 1 aromatic carbocycles. The number of carbonyl (C=O) groups is 1. The van der Waals surface area contributed by atoms with E-state index in [1.54, 1.807) is 24.1 Å². The molecular formula is C15H18N4O3S. The van der Waals surface area contributed by atoms with E-state index >= 15 is 0 Å². The number of nitrogens with one attached hydrogen (secondary N) is 1. The number of rotatable bonds is 7. The Balaban J connectivity index is 2.09. The van der Waals surface area contributed by atoms with E-state index < -0.39 is 16.6 Å². The average Bonchev–Trinajstić information content (AvgIpc) is 2.53. The second-order valence-electron chi connectivity index (χ2n) is 4.95. The number of primary amides is 1. The molecule has 2 rings (SSSR count). The fourth-order valence-corrected chi connectivity index (χ4v) is 2.61. The quantitative estimate of drug-likeness (QED) is 0.647. The maximum atomic E-state index is 11.0. The summed E-state index contributed by atoms with van der Waals surface area (Å²) in [5.74, 6) is 0.0304. The summed E-state index contributed by atoms with van der Waals surface area (Å²) in [7, 11) is -0.763. The van der Waals surface area contributed by atoms with Crippen molar-refractivity contribution in [2.45, 2.75) is 6.54 Å². The van der Waals surface area contributed by atoms with Crippen LogP contribution in [0.2, 0.25) is 0 Å². The van der Waals surface area contributed by atoms with E-state index in [0.29, 0.717) is 17.9 Å². The maximum absolute atomic E-state index is 11.0. The highest BCUT2D eigenvalue weighted by molar-refractivity contribution is 7.72. The molecule has 0 aliphatic carbocycles. The van der Waals surface area contributed by atoms with Crippen LogP contribution >= 0.6 is 0 Å². The molecule has 8 heteroatoms. The number of thiol groups is 1. The fraction of sp³-hybridized carbons (Fsp3) is 0.200. The van der Waals surface area contributed by atoms with Crippen molar-refractivity contribution in [1.82, 2.24) is 4.98 Å². The number of para-hydroxylation sites is 1. The number of carbonyl (C=O) groups excluding carboxylic acids is 1. The highest BCUT2D eigenvalue weighted by Gasteiger charge is 2.08. The first-order valence-corrected chi connectivity index (χ1v) is 8.24. The van der Waals surface area contributed by atoms with Gasteiger partial charge in [0, 0.05) is 25.5 Å². The summed E-state index contributed by atoms with van der Waals surface area (Å²) in [6.07, 6.45) is 1.41. The molecule has 23 heavy (non-hydrogen) atoms. The minimum Gasteiger partial charge on any atom is -0.366 e. The van der Waals surface area contributed by atoms with Gasteiger partial charge in [0.1, 0.15) is 11.7 Å². The zero-order valence-electron chi connectivity index (χ0n) is 12.6. The molecule has 122 valence electrons. The van der Waals surface area contributed by atoms with Crippen LogP contribution in [0.1, 0.15) is 15.9 Å². The van der Waals surface area contributed by atoms with Crippen LogP contribution in [-0.4, -0.2) is 32.2 Å². The van der Waals surface area contributed by atoms with Gasteiger partial charge in [-0.1, -0.05) is 18.2 Å². The number of pyridine rings is 1. The van der Waals surface area contributed by atoms with E-state index in [-0.39, 0.29) is 5.88 Å². The SMILES string of the molecule is CN(C[SH](=O)=O)c1ccccc1CNc1ccc(C(N)=O)cn1. The summed E-state index contributed by atoms with van der Waals surface area (Å²) in [5, 5.41) is 3.13. The molecule has 0 aliphatic heterocycles. The molecule has 0 atom stereocenters. The number of nitrogens with zero attached hydrogens (tertiary/aromatic N) is 2. The van der Waals surface area contributed by atoms with E-state index in [9.17, 15) is 13.2 Å². The Morgan fingerprint density at radius 1 is 1.26 bits per heavy atom. The molecule has 0 saturated carbocycles. The number of aromatic nitrogens is 1. The molecule has 2 aromatic rings. The second-order valence-corrected chi connectivity index (χ2v) is 5.90. The lowest BCUT2D eigenvalue weighted by molar-refractivity contribution is 0.1000. The van der Waals surface area contributed by atoms with Crippen LogP contribution in [0.25, 0.3) is 0 Å². The zero-order chi connectivity index (χ0) is 16.8. The van der Waals surface area contributed by atoms with Crippen LogP contribution in [0.3, 0.4) is 0 Å². The molecule has 1 amide bonds. The predicted molar refractivity (Wildman–Crippen MR) is 90.1 cm³/mol. The smallest absolute Gasteiger partial charge is 0.250 e. The van der Waals surface area contributed by atoms with Gasteiger partial charge in [-0.15, -0.1) is 0 Å². The molecule has 0 unspecified atom stereocenters. The van der Waals surface area contributed by atoms with Crippen LogP contribution in [0, 0.1) is 0 Å². The van der Waals surface area contributed by atoms with Crippen molar-refractivity contribution in [3.8, 4) is 0 Å².